The smallest absolute Gasteiger partial charge is 0.315 e. The number of amides is 6. The van der Waals surface area contributed by atoms with Gasteiger partial charge in [0.2, 0.25) is 23.6 Å². The summed E-state index contributed by atoms with van der Waals surface area (Å²) in [6, 6.07) is 16.9. The lowest BCUT2D eigenvalue weighted by Gasteiger charge is -2.16. The number of unbranched alkanes of at least 4 members (excludes halogenated alkanes) is 2. The van der Waals surface area contributed by atoms with Gasteiger partial charge in [-0.15, -0.1) is 0 Å². The molecule has 1 aromatic heterocycles. The molecule has 8 N–H and O–H groups in total. The van der Waals surface area contributed by atoms with E-state index in [4.69, 9.17) is 22.1 Å². The summed E-state index contributed by atoms with van der Waals surface area (Å²) in [7, 11) is 7.86. The molecule has 0 aliphatic carbocycles. The van der Waals surface area contributed by atoms with Crippen LogP contribution in [0.4, 0.5) is 33.5 Å². The lowest BCUT2D eigenvalue weighted by Crippen LogP contribution is -2.36. The molecule has 5 rings (SSSR count). The molecule has 2 aliphatic rings. The minimum absolute atomic E-state index is 0.0632. The Hall–Kier alpha value is -5.74. The van der Waals surface area contributed by atoms with Crippen LogP contribution in [0.25, 0.3) is 0 Å². The predicted molar refractivity (Wildman–Crippen MR) is 280 cm³/mol. The van der Waals surface area contributed by atoms with Gasteiger partial charge in [-0.3, -0.25) is 19.2 Å². The fourth-order valence-corrected chi connectivity index (χ4v) is 9.27. The van der Waals surface area contributed by atoms with Crippen LogP contribution in [0.5, 0.6) is 0 Å². The van der Waals surface area contributed by atoms with Crippen LogP contribution < -0.4 is 48.0 Å². The third-order valence-electron chi connectivity index (χ3n) is 11.4. The molecule has 2 saturated heterocycles. The molecule has 2 aliphatic heterocycles. The van der Waals surface area contributed by atoms with Gasteiger partial charge in [-0.2, -0.15) is 11.8 Å². The first-order chi connectivity index (χ1) is 34.6. The van der Waals surface area contributed by atoms with Crippen molar-refractivity contribution in [2.45, 2.75) is 88.0 Å². The molecule has 0 spiro atoms. The highest BCUT2D eigenvalue weighted by Crippen LogP contribution is 2.33. The van der Waals surface area contributed by atoms with E-state index in [0.717, 1.165) is 62.2 Å². The SMILES string of the molecule is [B]c1cccc(Nc2cc(Nc3cccc(NC(=O)/C=C/CN(C)CCCCNC(=O)CCCC(=O)NCCCOCCOCCOCCCNC(=O)CCCC[C@@H]4SC[C@@H]5NC(=O)N[C@@H]54)c3)ncn2)c1. The van der Waals surface area contributed by atoms with Crippen molar-refractivity contribution in [3.8, 4) is 0 Å². The van der Waals surface area contributed by atoms with Gasteiger partial charge in [-0.1, -0.05) is 36.2 Å². The lowest BCUT2D eigenvalue weighted by atomic mass is 9.96. The Kier molecular flexibility index (Phi) is 26.1. The van der Waals surface area contributed by atoms with Crippen LogP contribution in [-0.4, -0.2) is 155 Å². The van der Waals surface area contributed by atoms with Gasteiger partial charge in [-0.05, 0) is 88.9 Å². The maximum atomic E-state index is 12.6. The maximum absolute atomic E-state index is 12.6. The van der Waals surface area contributed by atoms with E-state index in [0.29, 0.717) is 120 Å². The molecule has 2 radical (unpaired) electrons. The largest absolute Gasteiger partial charge is 0.379 e. The Morgan fingerprint density at radius 1 is 0.718 bits per heavy atom. The monoisotopic (exact) mass is 998 g/mol. The van der Waals surface area contributed by atoms with E-state index in [9.17, 15) is 24.0 Å². The van der Waals surface area contributed by atoms with Crippen LogP contribution in [0, 0.1) is 0 Å². The van der Waals surface area contributed by atoms with E-state index in [1.807, 2.05) is 73.4 Å². The topological polar surface area (TPSA) is 238 Å². The van der Waals surface area contributed by atoms with Crippen molar-refractivity contribution in [2.75, 3.05) is 101 Å². The third-order valence-corrected chi connectivity index (χ3v) is 12.9. The van der Waals surface area contributed by atoms with Crippen LogP contribution in [0.1, 0.15) is 70.6 Å². The van der Waals surface area contributed by atoms with E-state index in [1.54, 1.807) is 6.07 Å². The molecule has 71 heavy (non-hydrogen) atoms. The summed E-state index contributed by atoms with van der Waals surface area (Å²) in [6.45, 7) is 5.95. The number of aromatic nitrogens is 2. The van der Waals surface area contributed by atoms with Gasteiger partial charge in [0.15, 0.2) is 0 Å². The van der Waals surface area contributed by atoms with Gasteiger partial charge in [0.1, 0.15) is 25.8 Å². The standard InChI is InChI=1S/C50H72BN11O8S/c1-62(25-9-20-48(66)59-40-15-7-14-39(33-40)58-44-34-43(55-36-56-44)57-38-13-6-12-37(51)32-38)24-5-4-21-52-46(64)18-8-19-47(65)54-23-11-27-69-29-31-70-30-28-68-26-10-22-53-45(63)17-3-2-16-42-49-41(35-71-42)60-50(67)61-49/h6-7,9,12-15,20,32-34,36,41-42,49H,2-5,8,10-11,16-19,21-31,35H2,1H3,(H,52,64)(H,53,63)(H,54,65)(H,59,66)(H2,60,61,67)(H2,55,56,57,58)/b20-9+/t41-,42-,49-/m0/s1. The average Bonchev–Trinajstić information content (AvgIpc) is 3.90. The molecule has 21 heteroatoms. The highest BCUT2D eigenvalue weighted by molar-refractivity contribution is 8.00. The van der Waals surface area contributed by atoms with E-state index in [2.05, 4.69) is 57.4 Å². The zero-order chi connectivity index (χ0) is 50.3. The van der Waals surface area contributed by atoms with Gasteiger partial charge in [0, 0.05) is 98.9 Å². The van der Waals surface area contributed by atoms with Crippen LogP contribution in [0.15, 0.2) is 73.1 Å². The first-order valence-electron chi connectivity index (χ1n) is 24.8. The van der Waals surface area contributed by atoms with Gasteiger partial charge < -0.3 is 61.6 Å². The molecule has 3 atom stereocenters. The summed E-state index contributed by atoms with van der Waals surface area (Å²) in [5.41, 5.74) is 2.84. The Morgan fingerprint density at radius 3 is 1.97 bits per heavy atom. The number of nitrogens with zero attached hydrogens (tertiary/aromatic N) is 3. The number of carbonyl (C=O) groups is 5. The van der Waals surface area contributed by atoms with Gasteiger partial charge in [0.05, 0.1) is 38.5 Å². The van der Waals surface area contributed by atoms with Crippen molar-refractivity contribution in [1.29, 1.82) is 0 Å². The van der Waals surface area contributed by atoms with Crippen molar-refractivity contribution in [3.63, 3.8) is 0 Å². The second kappa shape index (κ2) is 33.0. The second-order valence-corrected chi connectivity index (χ2v) is 18.7. The van der Waals surface area contributed by atoms with Gasteiger partial charge >= 0.3 is 6.03 Å². The molecule has 2 aromatic carbocycles. The number of likely N-dealkylation sites (N-methyl/N-ethyl adjacent to an activating group) is 1. The number of benzene rings is 2. The summed E-state index contributed by atoms with van der Waals surface area (Å²) in [6.07, 6.45) is 12.3. The number of fused-ring (bicyclic) bond motifs is 1. The van der Waals surface area contributed by atoms with Crippen molar-refractivity contribution in [2.24, 2.45) is 0 Å². The Labute approximate surface area is 423 Å². The minimum atomic E-state index is -0.237. The van der Waals surface area contributed by atoms with Crippen LogP contribution in [0.2, 0.25) is 0 Å². The highest BCUT2D eigenvalue weighted by atomic mass is 32.2. The summed E-state index contributed by atoms with van der Waals surface area (Å²) < 4.78 is 16.7. The van der Waals surface area contributed by atoms with Crippen molar-refractivity contribution >= 4 is 83.4 Å². The molecule has 2 fully saturated rings. The second-order valence-electron chi connectivity index (χ2n) is 17.4. The number of nitrogens with one attached hydrogen (secondary N) is 8. The number of hydrogen-bond donors (Lipinski definition) is 8. The number of anilines is 5. The average molecular weight is 998 g/mol. The fraction of sp³-hybridized carbons (Fsp3) is 0.540. The fourth-order valence-electron chi connectivity index (χ4n) is 7.73. The Morgan fingerprint density at radius 2 is 1.31 bits per heavy atom. The zero-order valence-corrected chi connectivity index (χ0v) is 41.8. The predicted octanol–water partition coefficient (Wildman–Crippen LogP) is 4.04. The molecule has 3 aromatic rings. The van der Waals surface area contributed by atoms with Gasteiger partial charge in [-0.25, -0.2) is 14.8 Å². The molecular formula is C50H72BN11O8S. The van der Waals surface area contributed by atoms with Crippen LogP contribution in [0.3, 0.4) is 0 Å². The molecule has 6 amide bonds. The number of carbonyl (C=O) groups excluding carboxylic acids is 5. The van der Waals surface area contributed by atoms with Crippen molar-refractivity contribution in [1.82, 2.24) is 41.5 Å². The Balaban J connectivity index is 0.747. The van der Waals surface area contributed by atoms with Gasteiger partial charge in [0.25, 0.3) is 0 Å². The van der Waals surface area contributed by atoms with E-state index < -0.39 is 0 Å². The van der Waals surface area contributed by atoms with Crippen LogP contribution >= 0.6 is 11.8 Å². The van der Waals surface area contributed by atoms with Crippen LogP contribution in [-0.2, 0) is 33.4 Å². The molecule has 0 unspecified atom stereocenters. The third kappa shape index (κ3) is 23.8. The Bertz CT molecular complexity index is 2140. The summed E-state index contributed by atoms with van der Waals surface area (Å²) in [5, 5.41) is 24.5. The quantitative estimate of drug-likeness (QED) is 0.0178. The molecular weight excluding hydrogens is 925 g/mol. The zero-order valence-electron chi connectivity index (χ0n) is 41.0. The lowest BCUT2D eigenvalue weighted by molar-refractivity contribution is -0.123. The van der Waals surface area contributed by atoms with Crippen molar-refractivity contribution < 1.29 is 38.2 Å². The molecule has 0 saturated carbocycles. The number of ether oxygens (including phenoxy) is 3. The van der Waals surface area contributed by atoms with Crippen molar-refractivity contribution in [3.05, 3.63) is 73.1 Å². The molecule has 0 bridgehead atoms. The molecule has 384 valence electrons. The minimum Gasteiger partial charge on any atom is -0.379 e. The summed E-state index contributed by atoms with van der Waals surface area (Å²) in [4.78, 5) is 71.4. The van der Waals surface area contributed by atoms with E-state index in [1.165, 1.54) is 12.4 Å². The number of hydrogen-bond acceptors (Lipinski definition) is 14. The van der Waals surface area contributed by atoms with E-state index >= 15 is 0 Å². The molecule has 3 heterocycles. The summed E-state index contributed by atoms with van der Waals surface area (Å²) in [5.74, 6) is 1.81. The summed E-state index contributed by atoms with van der Waals surface area (Å²) >= 11 is 1.90. The normalized spacial score (nSPS) is 16.0. The maximum Gasteiger partial charge on any atom is 0.315 e. The molecule has 19 nitrogen and oxygen atoms in total. The number of urea groups is 1. The first-order valence-corrected chi connectivity index (χ1v) is 25.8. The first kappa shape index (κ1) is 56.2. The number of rotatable bonds is 36. The highest BCUT2D eigenvalue weighted by Gasteiger charge is 2.42. The number of thioether (sulfide) groups is 1. The van der Waals surface area contributed by atoms with E-state index in [-0.39, 0.29) is 48.2 Å².